The van der Waals surface area contributed by atoms with Crippen LogP contribution >= 0.6 is 0 Å². The molecule has 2 amide bonds. The highest BCUT2D eigenvalue weighted by atomic mass is 19.4. The summed E-state index contributed by atoms with van der Waals surface area (Å²) in [5.74, 6) is -1.32. The Bertz CT molecular complexity index is 392. The molecule has 1 saturated heterocycles. The lowest BCUT2D eigenvalue weighted by Crippen LogP contribution is -2.41. The second-order valence-corrected chi connectivity index (χ2v) is 5.69. The number of carbonyl (C=O) groups is 2. The number of carbonyl (C=O) groups excluding carboxylic acids is 2. The molecular formula is C13H19F3N2O2. The molecule has 0 aromatic rings. The van der Waals surface area contributed by atoms with E-state index >= 15 is 0 Å². The summed E-state index contributed by atoms with van der Waals surface area (Å²) in [5, 5.41) is 0. The van der Waals surface area contributed by atoms with E-state index in [1.807, 2.05) is 0 Å². The van der Waals surface area contributed by atoms with Gasteiger partial charge in [-0.05, 0) is 12.8 Å². The van der Waals surface area contributed by atoms with Gasteiger partial charge >= 0.3 is 6.18 Å². The van der Waals surface area contributed by atoms with Crippen molar-refractivity contribution in [3.8, 4) is 0 Å². The number of hydrogen-bond acceptors (Lipinski definition) is 2. The van der Waals surface area contributed by atoms with Crippen LogP contribution < -0.4 is 0 Å². The molecule has 2 rings (SSSR count). The van der Waals surface area contributed by atoms with Gasteiger partial charge in [0.05, 0.1) is 5.92 Å². The number of halogens is 3. The van der Waals surface area contributed by atoms with Crippen LogP contribution in [0.1, 0.15) is 32.1 Å². The van der Waals surface area contributed by atoms with E-state index in [2.05, 4.69) is 0 Å². The smallest absolute Gasteiger partial charge is 0.339 e. The predicted octanol–water partition coefficient (Wildman–Crippen LogP) is 1.80. The van der Waals surface area contributed by atoms with Gasteiger partial charge < -0.3 is 9.80 Å². The van der Waals surface area contributed by atoms with E-state index in [0.29, 0.717) is 4.90 Å². The summed E-state index contributed by atoms with van der Waals surface area (Å²) in [6.45, 7) is -0.996. The van der Waals surface area contributed by atoms with Crippen LogP contribution in [-0.4, -0.2) is 54.0 Å². The summed E-state index contributed by atoms with van der Waals surface area (Å²) in [6, 6.07) is 0.174. The van der Waals surface area contributed by atoms with Gasteiger partial charge in [0.1, 0.15) is 6.54 Å². The molecule has 0 N–H and O–H groups in total. The van der Waals surface area contributed by atoms with E-state index in [9.17, 15) is 22.8 Å². The predicted molar refractivity (Wildman–Crippen MR) is 65.8 cm³/mol. The SMILES string of the molecule is CN(CC(F)(F)F)C(=O)C1CC(=O)N(C2CCCC2)C1. The number of likely N-dealkylation sites (tertiary alicyclic amines) is 1. The fraction of sp³-hybridized carbons (Fsp3) is 0.846. The van der Waals surface area contributed by atoms with Crippen molar-refractivity contribution in [2.75, 3.05) is 20.1 Å². The highest BCUT2D eigenvalue weighted by Crippen LogP contribution is 2.30. The molecule has 1 aliphatic heterocycles. The first-order valence-corrected chi connectivity index (χ1v) is 6.89. The third-order valence-electron chi connectivity index (χ3n) is 4.07. The Morgan fingerprint density at radius 1 is 1.35 bits per heavy atom. The average molecular weight is 292 g/mol. The molecule has 2 aliphatic rings. The lowest BCUT2D eigenvalue weighted by molar-refractivity contribution is -0.160. The maximum absolute atomic E-state index is 12.3. The minimum atomic E-state index is -4.40. The van der Waals surface area contributed by atoms with E-state index in [-0.39, 0.29) is 24.9 Å². The summed E-state index contributed by atoms with van der Waals surface area (Å²) in [7, 11) is 1.14. The number of hydrogen-bond donors (Lipinski definition) is 0. The third kappa shape index (κ3) is 3.43. The molecule has 0 spiro atoms. The largest absolute Gasteiger partial charge is 0.406 e. The minimum Gasteiger partial charge on any atom is -0.339 e. The molecule has 1 aliphatic carbocycles. The fourth-order valence-electron chi connectivity index (χ4n) is 3.12. The van der Waals surface area contributed by atoms with Gasteiger partial charge in [0.15, 0.2) is 0 Å². The van der Waals surface area contributed by atoms with Crippen molar-refractivity contribution < 1.29 is 22.8 Å². The lowest BCUT2D eigenvalue weighted by Gasteiger charge is -2.25. The molecule has 0 bridgehead atoms. The van der Waals surface area contributed by atoms with Crippen LogP contribution in [0.2, 0.25) is 0 Å². The Balaban J connectivity index is 1.93. The first kappa shape index (κ1) is 15.1. The van der Waals surface area contributed by atoms with Crippen LogP contribution in [-0.2, 0) is 9.59 Å². The standard InChI is InChI=1S/C13H19F3N2O2/c1-17(8-13(14,15)16)12(20)9-6-11(19)18(7-9)10-4-2-3-5-10/h9-10H,2-8H2,1H3. The van der Waals surface area contributed by atoms with E-state index < -0.39 is 24.5 Å². The average Bonchev–Trinajstić information content (AvgIpc) is 2.94. The summed E-state index contributed by atoms with van der Waals surface area (Å²) >= 11 is 0. The third-order valence-corrected chi connectivity index (χ3v) is 4.07. The van der Waals surface area contributed by atoms with Gasteiger partial charge in [0.2, 0.25) is 11.8 Å². The second-order valence-electron chi connectivity index (χ2n) is 5.69. The summed E-state index contributed by atoms with van der Waals surface area (Å²) in [4.78, 5) is 26.3. The highest BCUT2D eigenvalue weighted by molar-refractivity contribution is 5.89. The molecular weight excluding hydrogens is 273 g/mol. The quantitative estimate of drug-likeness (QED) is 0.796. The van der Waals surface area contributed by atoms with Gasteiger partial charge in [-0.15, -0.1) is 0 Å². The molecule has 0 radical (unpaired) electrons. The molecule has 7 heteroatoms. The monoisotopic (exact) mass is 292 g/mol. The maximum Gasteiger partial charge on any atom is 0.406 e. The Morgan fingerprint density at radius 2 is 1.95 bits per heavy atom. The minimum absolute atomic E-state index is 0.0392. The van der Waals surface area contributed by atoms with Crippen LogP contribution in [0.3, 0.4) is 0 Å². The van der Waals surface area contributed by atoms with Gasteiger partial charge in [-0.1, -0.05) is 12.8 Å². The van der Waals surface area contributed by atoms with Crippen LogP contribution in [0, 0.1) is 5.92 Å². The highest BCUT2D eigenvalue weighted by Gasteiger charge is 2.41. The van der Waals surface area contributed by atoms with Gasteiger partial charge in [0, 0.05) is 26.1 Å². The van der Waals surface area contributed by atoms with Crippen molar-refractivity contribution in [2.45, 2.75) is 44.3 Å². The van der Waals surface area contributed by atoms with E-state index in [0.717, 1.165) is 32.7 Å². The molecule has 20 heavy (non-hydrogen) atoms. The molecule has 1 heterocycles. The number of nitrogens with zero attached hydrogens (tertiary/aromatic N) is 2. The second kappa shape index (κ2) is 5.61. The molecule has 0 aromatic carbocycles. The van der Waals surface area contributed by atoms with Crippen LogP contribution in [0.25, 0.3) is 0 Å². The van der Waals surface area contributed by atoms with Crippen molar-refractivity contribution in [3.63, 3.8) is 0 Å². The van der Waals surface area contributed by atoms with Gasteiger partial charge in [-0.3, -0.25) is 9.59 Å². The van der Waals surface area contributed by atoms with Gasteiger partial charge in [0.25, 0.3) is 0 Å². The van der Waals surface area contributed by atoms with E-state index in [4.69, 9.17) is 0 Å². The number of alkyl halides is 3. The Labute approximate surface area is 115 Å². The normalized spacial score (nSPS) is 24.5. The lowest BCUT2D eigenvalue weighted by atomic mass is 10.1. The van der Waals surface area contributed by atoms with Crippen LogP contribution in [0.5, 0.6) is 0 Å². The van der Waals surface area contributed by atoms with Crippen molar-refractivity contribution in [1.29, 1.82) is 0 Å². The zero-order valence-corrected chi connectivity index (χ0v) is 11.4. The van der Waals surface area contributed by atoms with Crippen LogP contribution in [0.4, 0.5) is 13.2 Å². The first-order chi connectivity index (χ1) is 9.28. The Kier molecular flexibility index (Phi) is 4.25. The molecule has 4 nitrogen and oxygen atoms in total. The zero-order valence-electron chi connectivity index (χ0n) is 11.4. The van der Waals surface area contributed by atoms with Gasteiger partial charge in [-0.25, -0.2) is 0 Å². The van der Waals surface area contributed by atoms with Crippen molar-refractivity contribution in [3.05, 3.63) is 0 Å². The first-order valence-electron chi connectivity index (χ1n) is 6.89. The summed E-state index contributed by atoms with van der Waals surface area (Å²) < 4.78 is 36.8. The Hall–Kier alpha value is -1.27. The molecule has 0 aromatic heterocycles. The number of rotatable bonds is 3. The Morgan fingerprint density at radius 3 is 2.50 bits per heavy atom. The van der Waals surface area contributed by atoms with Crippen molar-refractivity contribution >= 4 is 11.8 Å². The summed E-state index contributed by atoms with van der Waals surface area (Å²) in [5.41, 5.74) is 0. The fourth-order valence-corrected chi connectivity index (χ4v) is 3.12. The molecule has 1 atom stereocenters. The van der Waals surface area contributed by atoms with Crippen molar-refractivity contribution in [2.24, 2.45) is 5.92 Å². The van der Waals surface area contributed by atoms with Crippen LogP contribution in [0.15, 0.2) is 0 Å². The molecule has 1 unspecified atom stereocenters. The summed E-state index contributed by atoms with van der Waals surface area (Å²) in [6.07, 6.45) is -0.353. The molecule has 1 saturated carbocycles. The van der Waals surface area contributed by atoms with E-state index in [1.54, 1.807) is 4.90 Å². The molecule has 114 valence electrons. The zero-order chi connectivity index (χ0) is 14.9. The maximum atomic E-state index is 12.3. The van der Waals surface area contributed by atoms with Gasteiger partial charge in [-0.2, -0.15) is 13.2 Å². The number of amides is 2. The topological polar surface area (TPSA) is 40.6 Å². The molecule has 2 fully saturated rings. The van der Waals surface area contributed by atoms with Crippen molar-refractivity contribution in [1.82, 2.24) is 9.80 Å². The van der Waals surface area contributed by atoms with E-state index in [1.165, 1.54) is 0 Å².